The van der Waals surface area contributed by atoms with Crippen molar-refractivity contribution in [1.29, 1.82) is 0 Å². The van der Waals surface area contributed by atoms with Gasteiger partial charge in [0.1, 0.15) is 0 Å². The highest BCUT2D eigenvalue weighted by Gasteiger charge is 2.33. The molecule has 1 aromatic rings. The van der Waals surface area contributed by atoms with Crippen LogP contribution >= 0.6 is 0 Å². The number of nitrogens with zero attached hydrogens (tertiary/aromatic N) is 2. The van der Waals surface area contributed by atoms with Gasteiger partial charge in [-0.1, -0.05) is 6.07 Å². The molecule has 0 saturated carbocycles. The Labute approximate surface area is 159 Å². The second-order valence-electron chi connectivity index (χ2n) is 7.33. The Morgan fingerprint density at radius 3 is 2.67 bits per heavy atom. The Hall–Kier alpha value is -1.84. The maximum atomic E-state index is 12.2. The van der Waals surface area contributed by atoms with Crippen LogP contribution in [0.3, 0.4) is 0 Å². The molecule has 3 aliphatic heterocycles. The van der Waals surface area contributed by atoms with E-state index in [2.05, 4.69) is 15.1 Å². The number of hydrogen-bond acceptors (Lipinski definition) is 7. The number of rotatable bonds is 5. The molecular weight excluding hydrogens is 370 g/mol. The summed E-state index contributed by atoms with van der Waals surface area (Å²) in [6.07, 6.45) is 0.734. The van der Waals surface area contributed by atoms with E-state index in [9.17, 15) is 13.2 Å². The lowest BCUT2D eigenvalue weighted by Gasteiger charge is -2.37. The topological polar surface area (TPSA) is 88.2 Å². The average molecular weight is 395 g/mol. The van der Waals surface area contributed by atoms with E-state index in [4.69, 9.17) is 9.47 Å². The van der Waals surface area contributed by atoms with Crippen molar-refractivity contribution >= 4 is 15.7 Å². The number of amides is 1. The second-order valence-corrected chi connectivity index (χ2v) is 9.56. The summed E-state index contributed by atoms with van der Waals surface area (Å²) in [5.74, 6) is 2.03. The van der Waals surface area contributed by atoms with Crippen molar-refractivity contribution in [2.75, 3.05) is 51.0 Å². The molecule has 0 spiro atoms. The van der Waals surface area contributed by atoms with Gasteiger partial charge in [0, 0.05) is 38.8 Å². The number of benzene rings is 1. The van der Waals surface area contributed by atoms with Crippen molar-refractivity contribution in [2.45, 2.75) is 19.0 Å². The van der Waals surface area contributed by atoms with E-state index in [1.165, 1.54) is 0 Å². The number of ether oxygens (including phenoxy) is 2. The molecule has 9 heteroatoms. The molecular formula is C18H25N3O5S. The van der Waals surface area contributed by atoms with Crippen molar-refractivity contribution in [3.63, 3.8) is 0 Å². The van der Waals surface area contributed by atoms with Gasteiger partial charge in [-0.3, -0.25) is 14.6 Å². The normalized spacial score (nSPS) is 24.8. The first-order chi connectivity index (χ1) is 13.0. The molecule has 2 fully saturated rings. The van der Waals surface area contributed by atoms with Gasteiger partial charge in [0.2, 0.25) is 12.7 Å². The summed E-state index contributed by atoms with van der Waals surface area (Å²) in [5, 5.41) is 2.94. The van der Waals surface area contributed by atoms with Gasteiger partial charge in [-0.05, 0) is 24.1 Å². The Morgan fingerprint density at radius 2 is 1.93 bits per heavy atom. The van der Waals surface area contributed by atoms with Crippen LogP contribution in [0.1, 0.15) is 12.0 Å². The first-order valence-electron chi connectivity index (χ1n) is 9.30. The second kappa shape index (κ2) is 7.65. The highest BCUT2D eigenvalue weighted by molar-refractivity contribution is 7.91. The standard InChI is InChI=1S/C18H25N3O5S/c22-18(19-10-14-1-2-16-17(9-14)26-13-25-16)11-20-4-6-21(7-5-20)15-3-8-27(23,24)12-15/h1-2,9,15H,3-8,10-13H2,(H,19,22)/t15-/m1/s1. The van der Waals surface area contributed by atoms with Crippen molar-refractivity contribution in [2.24, 2.45) is 0 Å². The van der Waals surface area contributed by atoms with Crippen LogP contribution < -0.4 is 14.8 Å². The average Bonchev–Trinajstić information content (AvgIpc) is 3.26. The minimum Gasteiger partial charge on any atom is -0.454 e. The predicted molar refractivity (Wildman–Crippen MR) is 99.5 cm³/mol. The van der Waals surface area contributed by atoms with Crippen LogP contribution in [0, 0.1) is 0 Å². The lowest BCUT2D eigenvalue weighted by Crippen LogP contribution is -2.52. The summed E-state index contributed by atoms with van der Waals surface area (Å²) >= 11 is 0. The van der Waals surface area contributed by atoms with Crippen molar-refractivity contribution in [3.05, 3.63) is 23.8 Å². The van der Waals surface area contributed by atoms with Crippen molar-refractivity contribution < 1.29 is 22.7 Å². The highest BCUT2D eigenvalue weighted by atomic mass is 32.2. The number of carbonyl (C=O) groups is 1. The Kier molecular flexibility index (Phi) is 5.25. The van der Waals surface area contributed by atoms with E-state index in [0.29, 0.717) is 24.6 Å². The minimum absolute atomic E-state index is 0.00967. The van der Waals surface area contributed by atoms with Crippen LogP contribution in [0.15, 0.2) is 18.2 Å². The molecule has 3 heterocycles. The van der Waals surface area contributed by atoms with Crippen LogP contribution in [-0.4, -0.2) is 81.2 Å². The first-order valence-corrected chi connectivity index (χ1v) is 11.1. The van der Waals surface area contributed by atoms with E-state index >= 15 is 0 Å². The van der Waals surface area contributed by atoms with Gasteiger partial charge >= 0.3 is 0 Å². The van der Waals surface area contributed by atoms with Gasteiger partial charge in [-0.25, -0.2) is 8.42 Å². The molecule has 0 bridgehead atoms. The number of nitrogens with one attached hydrogen (secondary N) is 1. The molecule has 0 aromatic heterocycles. The summed E-state index contributed by atoms with van der Waals surface area (Å²) in [7, 11) is -2.85. The fourth-order valence-electron chi connectivity index (χ4n) is 3.86. The molecule has 2 saturated heterocycles. The quantitative estimate of drug-likeness (QED) is 0.741. The molecule has 1 amide bonds. The van der Waals surface area contributed by atoms with Crippen molar-refractivity contribution in [1.82, 2.24) is 15.1 Å². The Balaban J connectivity index is 1.19. The largest absolute Gasteiger partial charge is 0.454 e. The maximum Gasteiger partial charge on any atom is 0.234 e. The molecule has 0 radical (unpaired) electrons. The van der Waals surface area contributed by atoms with E-state index < -0.39 is 9.84 Å². The van der Waals surface area contributed by atoms with E-state index in [1.807, 2.05) is 18.2 Å². The van der Waals surface area contributed by atoms with E-state index in [1.54, 1.807) is 0 Å². The smallest absolute Gasteiger partial charge is 0.234 e. The number of fused-ring (bicyclic) bond motifs is 1. The molecule has 8 nitrogen and oxygen atoms in total. The Morgan fingerprint density at radius 1 is 1.15 bits per heavy atom. The van der Waals surface area contributed by atoms with Gasteiger partial charge in [0.05, 0.1) is 18.1 Å². The zero-order valence-corrected chi connectivity index (χ0v) is 16.0. The monoisotopic (exact) mass is 395 g/mol. The van der Waals surface area contributed by atoms with Gasteiger partial charge in [-0.2, -0.15) is 0 Å². The van der Waals surface area contributed by atoms with Gasteiger partial charge in [0.25, 0.3) is 0 Å². The molecule has 0 aliphatic carbocycles. The minimum atomic E-state index is -2.85. The third-order valence-corrected chi connectivity index (χ3v) is 7.18. The van der Waals surface area contributed by atoms with E-state index in [0.717, 1.165) is 43.9 Å². The van der Waals surface area contributed by atoms with Crippen LogP contribution in [0.5, 0.6) is 11.5 Å². The summed E-state index contributed by atoms with van der Waals surface area (Å²) in [5.41, 5.74) is 0.972. The van der Waals surface area contributed by atoms with Gasteiger partial charge in [0.15, 0.2) is 21.3 Å². The molecule has 4 rings (SSSR count). The number of hydrogen-bond donors (Lipinski definition) is 1. The predicted octanol–water partition coefficient (Wildman–Crippen LogP) is -0.164. The summed E-state index contributed by atoms with van der Waals surface area (Å²) < 4.78 is 33.9. The summed E-state index contributed by atoms with van der Waals surface area (Å²) in [6, 6.07) is 5.81. The highest BCUT2D eigenvalue weighted by Crippen LogP contribution is 2.32. The Bertz CT molecular complexity index is 805. The number of sulfone groups is 1. The summed E-state index contributed by atoms with van der Waals surface area (Å²) in [6.45, 7) is 4.26. The molecule has 1 atom stereocenters. The van der Waals surface area contributed by atoms with Crippen molar-refractivity contribution in [3.8, 4) is 11.5 Å². The summed E-state index contributed by atoms with van der Waals surface area (Å²) in [4.78, 5) is 16.6. The first kappa shape index (κ1) is 18.5. The molecule has 3 aliphatic rings. The lowest BCUT2D eigenvalue weighted by molar-refractivity contribution is -0.122. The number of carbonyl (C=O) groups excluding carboxylic acids is 1. The zero-order chi connectivity index (χ0) is 18.9. The third-order valence-electron chi connectivity index (χ3n) is 5.43. The van der Waals surface area contributed by atoms with Gasteiger partial charge in [-0.15, -0.1) is 0 Å². The van der Waals surface area contributed by atoms with Gasteiger partial charge < -0.3 is 14.8 Å². The van der Waals surface area contributed by atoms with Crippen LogP contribution in [0.25, 0.3) is 0 Å². The van der Waals surface area contributed by atoms with Crippen LogP contribution in [0.2, 0.25) is 0 Å². The fraction of sp³-hybridized carbons (Fsp3) is 0.611. The maximum absolute atomic E-state index is 12.2. The van der Waals surface area contributed by atoms with Crippen LogP contribution in [0.4, 0.5) is 0 Å². The number of piperazine rings is 1. The lowest BCUT2D eigenvalue weighted by atomic mass is 10.2. The molecule has 0 unspecified atom stereocenters. The van der Waals surface area contributed by atoms with Crippen LogP contribution in [-0.2, 0) is 21.2 Å². The molecule has 1 aromatic carbocycles. The molecule has 148 valence electrons. The molecule has 1 N–H and O–H groups in total. The fourth-order valence-corrected chi connectivity index (χ4v) is 5.62. The zero-order valence-electron chi connectivity index (χ0n) is 15.2. The SMILES string of the molecule is O=C(CN1CCN([C@@H]2CCS(=O)(=O)C2)CC1)NCc1ccc2c(c1)OCO2. The third kappa shape index (κ3) is 4.53. The molecule has 27 heavy (non-hydrogen) atoms. The van der Waals surface area contributed by atoms with E-state index in [-0.39, 0.29) is 24.5 Å².